The quantitative estimate of drug-likeness (QED) is 0.629. The summed E-state index contributed by atoms with van der Waals surface area (Å²) in [6.45, 7) is 0. The van der Waals surface area contributed by atoms with Crippen molar-refractivity contribution >= 4 is 29.5 Å². The van der Waals surface area contributed by atoms with Gasteiger partial charge in [-0.2, -0.15) is 0 Å². The fourth-order valence-electron chi connectivity index (χ4n) is 0.597. The molecule has 0 spiro atoms. The van der Waals surface area contributed by atoms with Crippen LogP contribution in [0.3, 0.4) is 0 Å². The van der Waals surface area contributed by atoms with Crippen molar-refractivity contribution in [2.75, 3.05) is 0 Å². The lowest BCUT2D eigenvalue weighted by molar-refractivity contribution is 0.112. The third-order valence-electron chi connectivity index (χ3n) is 1.09. The summed E-state index contributed by atoms with van der Waals surface area (Å²) in [4.78, 5) is 10.2. The molecular weight excluding hydrogens is 187 g/mol. The van der Waals surface area contributed by atoms with E-state index >= 15 is 0 Å². The molecule has 2 nitrogen and oxygen atoms in total. The van der Waals surface area contributed by atoms with Gasteiger partial charge in [-0.3, -0.25) is 4.79 Å². The van der Waals surface area contributed by atoms with Crippen LogP contribution in [0.25, 0.3) is 0 Å². The number of halogens is 2. The van der Waals surface area contributed by atoms with E-state index in [9.17, 15) is 4.79 Å². The molecule has 0 amide bonds. The molecule has 0 fully saturated rings. The second kappa shape index (κ2) is 4.34. The first-order valence-corrected chi connectivity index (χ1v) is 3.40. The minimum Gasteiger partial charge on any atom is -0.412 e. The van der Waals surface area contributed by atoms with E-state index in [-0.39, 0.29) is 5.48 Å². The molecule has 1 aromatic carbocycles. The second-order valence-electron chi connectivity index (χ2n) is 1.78. The van der Waals surface area contributed by atoms with E-state index in [1.807, 2.05) is 0 Å². The fourth-order valence-corrected chi connectivity index (χ4v) is 1.05. The molecular formula is C7H6Cl2O2. The van der Waals surface area contributed by atoms with Gasteiger partial charge < -0.3 is 5.48 Å². The summed E-state index contributed by atoms with van der Waals surface area (Å²) in [7, 11) is 0. The van der Waals surface area contributed by atoms with Gasteiger partial charge in [0.05, 0.1) is 5.02 Å². The number of hydrogen-bond donors (Lipinski definition) is 0. The summed E-state index contributed by atoms with van der Waals surface area (Å²) in [5.74, 6) is 0. The third-order valence-corrected chi connectivity index (χ3v) is 1.65. The largest absolute Gasteiger partial charge is 0.412 e. The topological polar surface area (TPSA) is 48.6 Å². The zero-order valence-corrected chi connectivity index (χ0v) is 6.99. The lowest BCUT2D eigenvalue weighted by atomic mass is 10.2. The van der Waals surface area contributed by atoms with E-state index in [1.54, 1.807) is 12.1 Å². The van der Waals surface area contributed by atoms with E-state index in [0.717, 1.165) is 0 Å². The monoisotopic (exact) mass is 192 g/mol. The number of aldehydes is 1. The Balaban J connectivity index is 0.000001000. The molecule has 0 saturated heterocycles. The molecule has 1 rings (SSSR count). The summed E-state index contributed by atoms with van der Waals surface area (Å²) >= 11 is 11.2. The summed E-state index contributed by atoms with van der Waals surface area (Å²) < 4.78 is 0. The van der Waals surface area contributed by atoms with Crippen molar-refractivity contribution in [3.05, 3.63) is 33.8 Å². The highest BCUT2D eigenvalue weighted by atomic mass is 35.5. The van der Waals surface area contributed by atoms with Crippen LogP contribution in [0.1, 0.15) is 10.4 Å². The Labute approximate surface area is 74.0 Å². The van der Waals surface area contributed by atoms with Gasteiger partial charge in [-0.15, -0.1) is 0 Å². The SMILES string of the molecule is O.O=Cc1ccc(Cl)cc1Cl. The molecule has 0 aromatic heterocycles. The minimum atomic E-state index is 0. The van der Waals surface area contributed by atoms with Crippen LogP contribution in [0, 0.1) is 0 Å². The molecule has 0 radical (unpaired) electrons. The molecule has 0 aliphatic carbocycles. The zero-order chi connectivity index (χ0) is 7.56. The van der Waals surface area contributed by atoms with Crippen LogP contribution in [-0.4, -0.2) is 11.8 Å². The van der Waals surface area contributed by atoms with E-state index in [1.165, 1.54) is 6.07 Å². The fraction of sp³-hybridized carbons (Fsp3) is 0. The molecule has 0 atom stereocenters. The third kappa shape index (κ3) is 2.50. The van der Waals surface area contributed by atoms with E-state index in [4.69, 9.17) is 23.2 Å². The number of carbonyl (C=O) groups excluding carboxylic acids is 1. The number of rotatable bonds is 1. The zero-order valence-electron chi connectivity index (χ0n) is 5.47. The van der Waals surface area contributed by atoms with Gasteiger partial charge in [0.25, 0.3) is 0 Å². The maximum atomic E-state index is 10.2. The van der Waals surface area contributed by atoms with Crippen molar-refractivity contribution in [1.82, 2.24) is 0 Å². The van der Waals surface area contributed by atoms with Gasteiger partial charge in [-0.1, -0.05) is 23.2 Å². The van der Waals surface area contributed by atoms with E-state index in [0.29, 0.717) is 21.9 Å². The Hall–Kier alpha value is -0.570. The summed E-state index contributed by atoms with van der Waals surface area (Å²) in [6.07, 6.45) is 0.693. The molecule has 0 aliphatic rings. The molecule has 11 heavy (non-hydrogen) atoms. The first-order valence-electron chi connectivity index (χ1n) is 2.64. The van der Waals surface area contributed by atoms with Crippen LogP contribution in [-0.2, 0) is 0 Å². The average Bonchev–Trinajstić information content (AvgIpc) is 1.88. The van der Waals surface area contributed by atoms with Crippen molar-refractivity contribution in [3.8, 4) is 0 Å². The Morgan fingerprint density at radius 1 is 1.27 bits per heavy atom. The molecule has 0 bridgehead atoms. The maximum absolute atomic E-state index is 10.2. The van der Waals surface area contributed by atoms with Crippen LogP contribution in [0.2, 0.25) is 10.0 Å². The van der Waals surface area contributed by atoms with Gasteiger partial charge in [0.1, 0.15) is 0 Å². The van der Waals surface area contributed by atoms with Gasteiger partial charge in [-0.25, -0.2) is 0 Å². The lowest BCUT2D eigenvalue weighted by Crippen LogP contribution is -1.79. The van der Waals surface area contributed by atoms with Crippen LogP contribution < -0.4 is 0 Å². The molecule has 0 saturated carbocycles. The first kappa shape index (κ1) is 10.4. The van der Waals surface area contributed by atoms with Gasteiger partial charge in [-0.05, 0) is 18.2 Å². The van der Waals surface area contributed by atoms with Crippen LogP contribution >= 0.6 is 23.2 Å². The summed E-state index contributed by atoms with van der Waals surface area (Å²) in [5.41, 5.74) is 0.464. The van der Waals surface area contributed by atoms with Crippen LogP contribution in [0.5, 0.6) is 0 Å². The Morgan fingerprint density at radius 2 is 1.91 bits per heavy atom. The number of carbonyl (C=O) groups is 1. The normalized spacial score (nSPS) is 8.55. The first-order chi connectivity index (χ1) is 4.74. The Bertz CT molecular complexity index is 261. The second-order valence-corrected chi connectivity index (χ2v) is 2.63. The number of hydrogen-bond acceptors (Lipinski definition) is 1. The van der Waals surface area contributed by atoms with E-state index < -0.39 is 0 Å². The predicted molar refractivity (Wildman–Crippen MR) is 45.5 cm³/mol. The van der Waals surface area contributed by atoms with Crippen LogP contribution in [0.15, 0.2) is 18.2 Å². The molecule has 0 aliphatic heterocycles. The Kier molecular flexibility index (Phi) is 4.11. The highest BCUT2D eigenvalue weighted by Gasteiger charge is 1.97. The molecule has 60 valence electrons. The highest BCUT2D eigenvalue weighted by molar-refractivity contribution is 6.36. The minimum absolute atomic E-state index is 0. The molecule has 1 aromatic rings. The molecule has 4 heteroatoms. The Morgan fingerprint density at radius 3 is 2.36 bits per heavy atom. The van der Waals surface area contributed by atoms with Crippen LogP contribution in [0.4, 0.5) is 0 Å². The number of benzene rings is 1. The van der Waals surface area contributed by atoms with E-state index in [2.05, 4.69) is 0 Å². The van der Waals surface area contributed by atoms with Crippen molar-refractivity contribution in [1.29, 1.82) is 0 Å². The van der Waals surface area contributed by atoms with Crippen molar-refractivity contribution < 1.29 is 10.3 Å². The highest BCUT2D eigenvalue weighted by Crippen LogP contribution is 2.18. The van der Waals surface area contributed by atoms with Crippen molar-refractivity contribution in [2.45, 2.75) is 0 Å². The molecule has 2 N–H and O–H groups in total. The maximum Gasteiger partial charge on any atom is 0.151 e. The summed E-state index contributed by atoms with van der Waals surface area (Å²) in [5, 5.41) is 0.929. The van der Waals surface area contributed by atoms with Gasteiger partial charge in [0.15, 0.2) is 6.29 Å². The van der Waals surface area contributed by atoms with Gasteiger partial charge in [0, 0.05) is 10.6 Å². The smallest absolute Gasteiger partial charge is 0.151 e. The van der Waals surface area contributed by atoms with Crippen molar-refractivity contribution in [3.63, 3.8) is 0 Å². The molecule has 0 unspecified atom stereocenters. The standard InChI is InChI=1S/C7H4Cl2O.H2O/c8-6-2-1-5(4-10)7(9)3-6;/h1-4H;1H2. The summed E-state index contributed by atoms with van der Waals surface area (Å²) in [6, 6.07) is 4.74. The average molecular weight is 193 g/mol. The lowest BCUT2D eigenvalue weighted by Gasteiger charge is -1.93. The van der Waals surface area contributed by atoms with Crippen molar-refractivity contribution in [2.24, 2.45) is 0 Å². The van der Waals surface area contributed by atoms with Gasteiger partial charge in [0.2, 0.25) is 0 Å². The molecule has 0 heterocycles. The van der Waals surface area contributed by atoms with Gasteiger partial charge >= 0.3 is 0 Å². The predicted octanol–water partition coefficient (Wildman–Crippen LogP) is 1.98.